The Balaban J connectivity index is 1.57. The highest BCUT2D eigenvalue weighted by Crippen LogP contribution is 2.41. The van der Waals surface area contributed by atoms with Gasteiger partial charge >= 0.3 is 0 Å². The molecule has 1 saturated carbocycles. The fraction of sp³-hybridized carbons (Fsp3) is 0.611. The minimum absolute atomic E-state index is 0.0178. The molecule has 24 heavy (non-hydrogen) atoms. The van der Waals surface area contributed by atoms with Gasteiger partial charge in [-0.25, -0.2) is 8.42 Å². The highest BCUT2D eigenvalue weighted by atomic mass is 32.2. The Hall–Kier alpha value is -1.40. The number of benzene rings is 1. The fourth-order valence-corrected chi connectivity index (χ4v) is 4.51. The average Bonchev–Trinajstić information content (AvgIpc) is 3.26. The van der Waals surface area contributed by atoms with Gasteiger partial charge in [-0.1, -0.05) is 24.3 Å². The smallest absolute Gasteiger partial charge is 0.220 e. The van der Waals surface area contributed by atoms with E-state index < -0.39 is 10.0 Å². The molecule has 1 heterocycles. The van der Waals surface area contributed by atoms with Gasteiger partial charge in [-0.15, -0.1) is 0 Å². The van der Waals surface area contributed by atoms with E-state index in [1.165, 1.54) is 21.7 Å². The molecule has 2 aliphatic rings. The zero-order valence-electron chi connectivity index (χ0n) is 14.4. The van der Waals surface area contributed by atoms with Crippen LogP contribution in [0, 0.1) is 18.8 Å². The Morgan fingerprint density at radius 3 is 2.58 bits per heavy atom. The number of nitrogens with one attached hydrogen (secondary N) is 1. The summed E-state index contributed by atoms with van der Waals surface area (Å²) in [6.07, 6.45) is 4.71. The summed E-state index contributed by atoms with van der Waals surface area (Å²) < 4.78 is 25.1. The number of amides is 1. The van der Waals surface area contributed by atoms with Crippen molar-refractivity contribution in [1.29, 1.82) is 0 Å². The monoisotopic (exact) mass is 350 g/mol. The molecular weight excluding hydrogens is 324 g/mol. The number of rotatable bonds is 6. The van der Waals surface area contributed by atoms with Crippen molar-refractivity contribution in [1.82, 2.24) is 9.62 Å². The van der Waals surface area contributed by atoms with Crippen molar-refractivity contribution >= 4 is 15.9 Å². The summed E-state index contributed by atoms with van der Waals surface area (Å²) in [6, 6.07) is 8.05. The fourth-order valence-electron chi connectivity index (χ4n) is 3.63. The molecule has 5 nitrogen and oxygen atoms in total. The van der Waals surface area contributed by atoms with Gasteiger partial charge in [-0.05, 0) is 49.1 Å². The summed E-state index contributed by atoms with van der Waals surface area (Å²) >= 11 is 0. The lowest BCUT2D eigenvalue weighted by molar-refractivity contribution is -0.121. The maximum atomic E-state index is 12.3. The van der Waals surface area contributed by atoms with Crippen molar-refractivity contribution in [2.75, 3.05) is 19.3 Å². The lowest BCUT2D eigenvalue weighted by atomic mass is 9.97. The molecule has 1 N–H and O–H groups in total. The number of carbonyl (C=O) groups is 1. The number of hydrogen-bond acceptors (Lipinski definition) is 3. The van der Waals surface area contributed by atoms with Crippen LogP contribution in [0.15, 0.2) is 24.3 Å². The highest BCUT2D eigenvalue weighted by molar-refractivity contribution is 7.88. The van der Waals surface area contributed by atoms with Gasteiger partial charge in [0.25, 0.3) is 0 Å². The van der Waals surface area contributed by atoms with Crippen LogP contribution < -0.4 is 5.32 Å². The Bertz CT molecular complexity index is 713. The molecule has 0 spiro atoms. The van der Waals surface area contributed by atoms with Gasteiger partial charge in [0.15, 0.2) is 0 Å². The molecule has 2 atom stereocenters. The van der Waals surface area contributed by atoms with Crippen molar-refractivity contribution in [3.8, 4) is 0 Å². The summed E-state index contributed by atoms with van der Waals surface area (Å²) in [7, 11) is -3.19. The molecule has 0 bridgehead atoms. The van der Waals surface area contributed by atoms with Crippen LogP contribution in [-0.4, -0.2) is 44.0 Å². The molecule has 1 aromatic carbocycles. The second-order valence-electron chi connectivity index (χ2n) is 7.18. The molecule has 2 fully saturated rings. The number of hydrogen-bond donors (Lipinski definition) is 1. The van der Waals surface area contributed by atoms with Crippen LogP contribution >= 0.6 is 0 Å². The molecule has 6 heteroatoms. The average molecular weight is 350 g/mol. The van der Waals surface area contributed by atoms with Gasteiger partial charge in [0.05, 0.1) is 6.26 Å². The standard InChI is InChI=1S/C18H26N2O3S/c1-13-5-3-4-6-14(13)9-10-18(21)19-17-12-20(24(2,22)23)11-16(17)15-7-8-15/h3-6,15-17H,7-12H2,1-2H3,(H,19,21)/t16-,17+/m1/s1. The van der Waals surface area contributed by atoms with Gasteiger partial charge in [-0.3, -0.25) is 4.79 Å². The molecule has 1 saturated heterocycles. The predicted octanol–water partition coefficient (Wildman–Crippen LogP) is 1.71. The maximum absolute atomic E-state index is 12.3. The highest BCUT2D eigenvalue weighted by Gasteiger charge is 2.45. The van der Waals surface area contributed by atoms with Crippen LogP contribution in [-0.2, 0) is 21.2 Å². The molecule has 0 unspecified atom stereocenters. The largest absolute Gasteiger partial charge is 0.352 e. The lowest BCUT2D eigenvalue weighted by Crippen LogP contribution is -2.41. The van der Waals surface area contributed by atoms with Crippen LogP contribution in [0.5, 0.6) is 0 Å². The van der Waals surface area contributed by atoms with E-state index in [4.69, 9.17) is 0 Å². The second-order valence-corrected chi connectivity index (χ2v) is 9.16. The Morgan fingerprint density at radius 1 is 1.25 bits per heavy atom. The first-order chi connectivity index (χ1) is 11.3. The topological polar surface area (TPSA) is 66.5 Å². The van der Waals surface area contributed by atoms with E-state index in [1.54, 1.807) is 0 Å². The van der Waals surface area contributed by atoms with Crippen LogP contribution in [0.3, 0.4) is 0 Å². The third-order valence-electron chi connectivity index (χ3n) is 5.26. The van der Waals surface area contributed by atoms with E-state index in [2.05, 4.69) is 24.4 Å². The first kappa shape index (κ1) is 17.4. The molecule has 3 rings (SSSR count). The second kappa shape index (κ2) is 6.84. The van der Waals surface area contributed by atoms with Crippen molar-refractivity contribution in [3.63, 3.8) is 0 Å². The number of nitrogens with zero attached hydrogens (tertiary/aromatic N) is 1. The van der Waals surface area contributed by atoms with Crippen molar-refractivity contribution < 1.29 is 13.2 Å². The SMILES string of the molecule is Cc1ccccc1CCC(=O)N[C@H]1CN(S(C)(=O)=O)C[C@@H]1C1CC1. The van der Waals surface area contributed by atoms with Gasteiger partial charge in [-0.2, -0.15) is 4.31 Å². The summed E-state index contributed by atoms with van der Waals surface area (Å²) in [5.41, 5.74) is 2.39. The molecular formula is C18H26N2O3S. The Kier molecular flexibility index (Phi) is 4.97. The van der Waals surface area contributed by atoms with E-state index in [9.17, 15) is 13.2 Å². The van der Waals surface area contributed by atoms with Gasteiger partial charge in [0.2, 0.25) is 15.9 Å². The van der Waals surface area contributed by atoms with Gasteiger partial charge < -0.3 is 5.32 Å². The number of aryl methyl sites for hydroxylation is 2. The molecule has 1 amide bonds. The van der Waals surface area contributed by atoms with Crippen LogP contribution in [0.25, 0.3) is 0 Å². The van der Waals surface area contributed by atoms with Crippen molar-refractivity contribution in [3.05, 3.63) is 35.4 Å². The Labute approximate surface area is 144 Å². The normalized spacial score (nSPS) is 24.9. The first-order valence-corrected chi connectivity index (χ1v) is 10.5. The zero-order chi connectivity index (χ0) is 17.3. The summed E-state index contributed by atoms with van der Waals surface area (Å²) in [6.45, 7) is 3.01. The van der Waals surface area contributed by atoms with Crippen molar-refractivity contribution in [2.24, 2.45) is 11.8 Å². The summed E-state index contributed by atoms with van der Waals surface area (Å²) in [4.78, 5) is 12.3. The van der Waals surface area contributed by atoms with Gasteiger partial charge in [0.1, 0.15) is 0 Å². The molecule has 0 radical (unpaired) electrons. The quantitative estimate of drug-likeness (QED) is 0.849. The molecule has 1 aromatic rings. The minimum Gasteiger partial charge on any atom is -0.352 e. The molecule has 0 aromatic heterocycles. The van der Waals surface area contributed by atoms with E-state index in [0.717, 1.165) is 19.3 Å². The van der Waals surface area contributed by atoms with Crippen LogP contribution in [0.1, 0.15) is 30.4 Å². The van der Waals surface area contributed by atoms with E-state index in [1.807, 2.05) is 12.1 Å². The molecule has 1 aliphatic heterocycles. The van der Waals surface area contributed by atoms with E-state index in [0.29, 0.717) is 25.4 Å². The number of carbonyl (C=O) groups excluding carboxylic acids is 1. The van der Waals surface area contributed by atoms with Crippen molar-refractivity contribution in [2.45, 2.75) is 38.6 Å². The minimum atomic E-state index is -3.19. The molecule has 1 aliphatic carbocycles. The van der Waals surface area contributed by atoms with E-state index in [-0.39, 0.29) is 17.9 Å². The predicted molar refractivity (Wildman–Crippen MR) is 94.1 cm³/mol. The van der Waals surface area contributed by atoms with Crippen LogP contribution in [0.2, 0.25) is 0 Å². The maximum Gasteiger partial charge on any atom is 0.220 e. The van der Waals surface area contributed by atoms with E-state index >= 15 is 0 Å². The zero-order valence-corrected chi connectivity index (χ0v) is 15.2. The Morgan fingerprint density at radius 2 is 1.96 bits per heavy atom. The number of sulfonamides is 1. The lowest BCUT2D eigenvalue weighted by Gasteiger charge is -2.19. The molecule has 132 valence electrons. The van der Waals surface area contributed by atoms with Crippen LogP contribution in [0.4, 0.5) is 0 Å². The summed E-state index contributed by atoms with van der Waals surface area (Å²) in [5, 5.41) is 3.10. The third-order valence-corrected chi connectivity index (χ3v) is 6.49. The van der Waals surface area contributed by atoms with Gasteiger partial charge in [0, 0.05) is 25.6 Å². The third kappa shape index (κ3) is 4.16. The summed E-state index contributed by atoms with van der Waals surface area (Å²) in [5.74, 6) is 0.852. The first-order valence-electron chi connectivity index (χ1n) is 8.63.